The molecular weight excluding hydrogens is 302 g/mol. The van der Waals surface area contributed by atoms with E-state index in [1.54, 1.807) is 0 Å². The van der Waals surface area contributed by atoms with Crippen LogP contribution in [0.3, 0.4) is 0 Å². The molecule has 0 radical (unpaired) electrons. The monoisotopic (exact) mass is 331 g/mol. The maximum atomic E-state index is 13.0. The van der Waals surface area contributed by atoms with E-state index in [0.717, 1.165) is 57.2 Å². The molecule has 6 nitrogen and oxygen atoms in total. The van der Waals surface area contributed by atoms with E-state index in [1.165, 1.54) is 19.3 Å². The predicted octanol–water partition coefficient (Wildman–Crippen LogP) is 1.52. The number of aryl methyl sites for hydroxylation is 2. The smallest absolute Gasteiger partial charge is 0.226 e. The number of amides is 1. The van der Waals surface area contributed by atoms with Crippen molar-refractivity contribution in [3.8, 4) is 0 Å². The molecule has 3 aliphatic rings. The Kier molecular flexibility index (Phi) is 4.11. The molecule has 1 saturated carbocycles. The van der Waals surface area contributed by atoms with Crippen molar-refractivity contribution in [1.29, 1.82) is 0 Å². The van der Waals surface area contributed by atoms with Gasteiger partial charge in [0, 0.05) is 25.6 Å². The first-order valence-electron chi connectivity index (χ1n) is 9.45. The van der Waals surface area contributed by atoms with Crippen LogP contribution in [0.15, 0.2) is 0 Å². The summed E-state index contributed by atoms with van der Waals surface area (Å²) >= 11 is 0. The van der Waals surface area contributed by atoms with Gasteiger partial charge in [-0.2, -0.15) is 5.10 Å². The summed E-state index contributed by atoms with van der Waals surface area (Å²) in [6, 6.07) is 0. The molecule has 0 aromatic carbocycles. The number of piperidine rings is 2. The lowest BCUT2D eigenvalue weighted by Gasteiger charge is -2.34. The van der Waals surface area contributed by atoms with Gasteiger partial charge in [0.15, 0.2) is 0 Å². The molecule has 6 heteroatoms. The number of rotatable bonds is 3. The average molecular weight is 331 g/mol. The second-order valence-electron chi connectivity index (χ2n) is 8.05. The highest BCUT2D eigenvalue weighted by Gasteiger charge is 2.58. The van der Waals surface area contributed by atoms with Crippen molar-refractivity contribution in [2.24, 2.45) is 17.3 Å². The second-order valence-corrected chi connectivity index (χ2v) is 8.05. The Morgan fingerprint density at radius 3 is 2.83 bits per heavy atom. The Balaban J connectivity index is 1.36. The van der Waals surface area contributed by atoms with E-state index in [-0.39, 0.29) is 0 Å². The van der Waals surface area contributed by atoms with Gasteiger partial charge in [-0.25, -0.2) is 9.67 Å². The standard InChI is InChI=1S/C18H29N5O/c1-13-20-14(2)23(21-13)12-15-4-3-9-22(11-15)17(24)16-10-18(16)5-7-19-8-6-18/h15-16,19H,3-12H2,1-2H3. The van der Waals surface area contributed by atoms with Crippen LogP contribution in [0, 0.1) is 31.1 Å². The summed E-state index contributed by atoms with van der Waals surface area (Å²) in [6.07, 6.45) is 5.78. The molecule has 1 N–H and O–H groups in total. The van der Waals surface area contributed by atoms with Gasteiger partial charge in [0.1, 0.15) is 11.6 Å². The first-order chi connectivity index (χ1) is 11.6. The summed E-state index contributed by atoms with van der Waals surface area (Å²) in [5.74, 6) is 3.04. The highest BCUT2D eigenvalue weighted by Crippen LogP contribution is 2.59. The Bertz CT molecular complexity index is 619. The van der Waals surface area contributed by atoms with E-state index in [4.69, 9.17) is 0 Å². The van der Waals surface area contributed by atoms with E-state index in [2.05, 4.69) is 20.3 Å². The lowest BCUT2D eigenvalue weighted by Crippen LogP contribution is -2.43. The zero-order valence-electron chi connectivity index (χ0n) is 14.9. The molecule has 1 aromatic rings. The summed E-state index contributed by atoms with van der Waals surface area (Å²) in [5, 5.41) is 7.91. The van der Waals surface area contributed by atoms with Gasteiger partial charge in [-0.05, 0) is 70.4 Å². The highest BCUT2D eigenvalue weighted by atomic mass is 16.2. The molecule has 0 bridgehead atoms. The van der Waals surface area contributed by atoms with Crippen LogP contribution < -0.4 is 5.32 Å². The summed E-state index contributed by atoms with van der Waals surface area (Å²) in [4.78, 5) is 19.5. The summed E-state index contributed by atoms with van der Waals surface area (Å²) in [6.45, 7) is 8.82. The fourth-order valence-electron chi connectivity index (χ4n) is 4.79. The van der Waals surface area contributed by atoms with Gasteiger partial charge in [0.25, 0.3) is 0 Å². The van der Waals surface area contributed by atoms with E-state index in [9.17, 15) is 4.79 Å². The van der Waals surface area contributed by atoms with Crippen molar-refractivity contribution in [3.05, 3.63) is 11.6 Å². The van der Waals surface area contributed by atoms with Gasteiger partial charge in [0.2, 0.25) is 5.91 Å². The Hall–Kier alpha value is -1.43. The van der Waals surface area contributed by atoms with Gasteiger partial charge in [-0.3, -0.25) is 4.79 Å². The third-order valence-corrected chi connectivity index (χ3v) is 6.31. The van der Waals surface area contributed by atoms with Gasteiger partial charge in [0.05, 0.1) is 0 Å². The summed E-state index contributed by atoms with van der Waals surface area (Å²) in [5.41, 5.74) is 0.342. The van der Waals surface area contributed by atoms with E-state index >= 15 is 0 Å². The molecule has 4 rings (SSSR count). The lowest BCUT2D eigenvalue weighted by molar-refractivity contribution is -0.135. The molecular formula is C18H29N5O. The van der Waals surface area contributed by atoms with Crippen molar-refractivity contribution in [3.63, 3.8) is 0 Å². The number of aromatic nitrogens is 3. The third kappa shape index (κ3) is 2.96. The van der Waals surface area contributed by atoms with Crippen LogP contribution in [-0.2, 0) is 11.3 Å². The molecule has 132 valence electrons. The van der Waals surface area contributed by atoms with Crippen LogP contribution in [0.1, 0.15) is 43.8 Å². The van der Waals surface area contributed by atoms with Crippen LogP contribution in [-0.4, -0.2) is 51.8 Å². The van der Waals surface area contributed by atoms with Gasteiger partial charge in [-0.1, -0.05) is 0 Å². The summed E-state index contributed by atoms with van der Waals surface area (Å²) < 4.78 is 2.01. The maximum Gasteiger partial charge on any atom is 0.226 e. The number of nitrogens with zero attached hydrogens (tertiary/aromatic N) is 4. The quantitative estimate of drug-likeness (QED) is 0.912. The van der Waals surface area contributed by atoms with Gasteiger partial charge < -0.3 is 10.2 Å². The van der Waals surface area contributed by atoms with E-state index in [1.807, 2.05) is 18.5 Å². The molecule has 3 heterocycles. The first-order valence-corrected chi connectivity index (χ1v) is 9.45. The van der Waals surface area contributed by atoms with Gasteiger partial charge in [-0.15, -0.1) is 0 Å². The fraction of sp³-hybridized carbons (Fsp3) is 0.833. The highest BCUT2D eigenvalue weighted by molar-refractivity contribution is 5.82. The largest absolute Gasteiger partial charge is 0.342 e. The molecule has 1 spiro atoms. The number of hydrogen-bond acceptors (Lipinski definition) is 4. The minimum Gasteiger partial charge on any atom is -0.342 e. The normalized spacial score (nSPS) is 29.0. The van der Waals surface area contributed by atoms with Crippen LogP contribution in [0.25, 0.3) is 0 Å². The minimum atomic E-state index is 0.300. The van der Waals surface area contributed by atoms with Crippen LogP contribution in [0.4, 0.5) is 0 Å². The first kappa shape index (κ1) is 16.1. The van der Waals surface area contributed by atoms with Crippen LogP contribution in [0.2, 0.25) is 0 Å². The van der Waals surface area contributed by atoms with Crippen molar-refractivity contribution >= 4 is 5.91 Å². The summed E-state index contributed by atoms with van der Waals surface area (Å²) in [7, 11) is 0. The molecule has 2 unspecified atom stereocenters. The van der Waals surface area contributed by atoms with E-state index < -0.39 is 0 Å². The topological polar surface area (TPSA) is 63.1 Å². The zero-order chi connectivity index (χ0) is 16.7. The second kappa shape index (κ2) is 6.14. The molecule has 2 atom stereocenters. The van der Waals surface area contributed by atoms with Crippen molar-refractivity contribution < 1.29 is 4.79 Å². The number of hydrogen-bond donors (Lipinski definition) is 1. The molecule has 1 aliphatic carbocycles. The number of nitrogens with one attached hydrogen (secondary N) is 1. The molecule has 3 fully saturated rings. The van der Waals surface area contributed by atoms with Gasteiger partial charge >= 0.3 is 0 Å². The Morgan fingerprint density at radius 2 is 2.12 bits per heavy atom. The van der Waals surface area contributed by atoms with Crippen LogP contribution in [0.5, 0.6) is 0 Å². The third-order valence-electron chi connectivity index (χ3n) is 6.31. The average Bonchev–Trinajstić information content (AvgIpc) is 3.16. The molecule has 2 aliphatic heterocycles. The minimum absolute atomic E-state index is 0.300. The van der Waals surface area contributed by atoms with Crippen molar-refractivity contribution in [2.75, 3.05) is 26.2 Å². The molecule has 1 aromatic heterocycles. The van der Waals surface area contributed by atoms with Crippen molar-refractivity contribution in [2.45, 2.75) is 52.5 Å². The number of likely N-dealkylation sites (tertiary alicyclic amines) is 1. The fourth-order valence-corrected chi connectivity index (χ4v) is 4.79. The van der Waals surface area contributed by atoms with Crippen LogP contribution >= 0.6 is 0 Å². The molecule has 1 amide bonds. The number of carbonyl (C=O) groups is 1. The molecule has 24 heavy (non-hydrogen) atoms. The predicted molar refractivity (Wildman–Crippen MR) is 91.4 cm³/mol. The molecule has 2 saturated heterocycles. The SMILES string of the molecule is Cc1nc(C)n(CC2CCCN(C(=O)C3CC34CCNCC4)C2)n1. The number of carbonyl (C=O) groups excluding carboxylic acids is 1. The zero-order valence-corrected chi connectivity index (χ0v) is 14.9. The van der Waals surface area contributed by atoms with E-state index in [0.29, 0.717) is 23.2 Å². The maximum absolute atomic E-state index is 13.0. The van der Waals surface area contributed by atoms with Crippen molar-refractivity contribution in [1.82, 2.24) is 25.0 Å². The Morgan fingerprint density at radius 1 is 1.33 bits per heavy atom. The Labute approximate surface area is 144 Å². The lowest BCUT2D eigenvalue weighted by atomic mass is 9.91.